The zero-order valence-electron chi connectivity index (χ0n) is 19.8. The third-order valence-corrected chi connectivity index (χ3v) is 6.60. The molecule has 1 aliphatic carbocycles. The molecule has 0 radical (unpaired) electrons. The lowest BCUT2D eigenvalue weighted by atomic mass is 10.1. The molecular formula is C26H27F3N6OS. The van der Waals surface area contributed by atoms with Crippen molar-refractivity contribution in [1.82, 2.24) is 10.3 Å². The van der Waals surface area contributed by atoms with E-state index >= 15 is 0 Å². The van der Waals surface area contributed by atoms with Crippen LogP contribution in [0.25, 0.3) is 0 Å². The Kier molecular flexibility index (Phi) is 8.37. The molecule has 194 valence electrons. The monoisotopic (exact) mass is 528 g/mol. The molecule has 0 bridgehead atoms. The molecule has 0 aliphatic heterocycles. The number of thiazole rings is 1. The molecule has 0 spiro atoms. The Morgan fingerprint density at radius 1 is 1.16 bits per heavy atom. The molecule has 37 heavy (non-hydrogen) atoms. The molecule has 1 saturated carbocycles. The Labute approximate surface area is 216 Å². The first-order chi connectivity index (χ1) is 17.7. The number of nitrogens with one attached hydrogen (secondary N) is 4. The number of alkyl halides is 3. The Morgan fingerprint density at radius 2 is 1.89 bits per heavy atom. The maximum absolute atomic E-state index is 13.1. The van der Waals surface area contributed by atoms with Crippen molar-refractivity contribution in [2.24, 2.45) is 11.7 Å². The topological polar surface area (TPSA) is 116 Å². The number of allylic oxidation sites excluding steroid dienone is 1. The summed E-state index contributed by atoms with van der Waals surface area (Å²) in [4.78, 5) is 17.5. The van der Waals surface area contributed by atoms with Crippen LogP contribution in [-0.4, -0.2) is 29.3 Å². The van der Waals surface area contributed by atoms with E-state index in [1.54, 1.807) is 48.7 Å². The van der Waals surface area contributed by atoms with Crippen LogP contribution in [-0.2, 0) is 11.3 Å². The Morgan fingerprint density at radius 3 is 2.54 bits per heavy atom. The third kappa shape index (κ3) is 7.48. The SMILES string of the molecule is N=C(/C=C(\Nc1cccc(CN)c1)C(=O)Nc1cccc(C(NCC2CC2)c2nccs2)c1)C(F)(F)F. The standard InChI is InChI=1S/C26H27F3N6OS/c27-26(28,29)22(31)13-21(34-19-5-1-3-17(11-19)14-30)24(36)35-20-6-2-4-18(12-20)23(25-32-9-10-37-25)33-15-16-7-8-16/h1-6,9-13,16,23,31,33-34H,7-8,14-15,30H2,(H,35,36)/b21-13-,31-22?. The first-order valence-electron chi connectivity index (χ1n) is 11.7. The molecule has 1 aliphatic rings. The van der Waals surface area contributed by atoms with E-state index in [2.05, 4.69) is 20.9 Å². The number of amides is 1. The van der Waals surface area contributed by atoms with Gasteiger partial charge in [0.05, 0.1) is 6.04 Å². The number of anilines is 2. The van der Waals surface area contributed by atoms with E-state index in [9.17, 15) is 18.0 Å². The van der Waals surface area contributed by atoms with Crippen LogP contribution < -0.4 is 21.7 Å². The maximum Gasteiger partial charge on any atom is 0.432 e. The largest absolute Gasteiger partial charge is 0.432 e. The zero-order valence-corrected chi connectivity index (χ0v) is 20.6. The number of halogens is 3. The van der Waals surface area contributed by atoms with Crippen LogP contribution in [0.2, 0.25) is 0 Å². The van der Waals surface area contributed by atoms with Gasteiger partial charge in [0, 0.05) is 29.5 Å². The van der Waals surface area contributed by atoms with Crippen molar-refractivity contribution in [1.29, 1.82) is 5.41 Å². The van der Waals surface area contributed by atoms with Gasteiger partial charge < -0.3 is 21.7 Å². The fraction of sp³-hybridized carbons (Fsp3) is 0.269. The number of nitrogens with zero attached hydrogens (tertiary/aromatic N) is 1. The van der Waals surface area contributed by atoms with Crippen LogP contribution >= 0.6 is 11.3 Å². The first-order valence-corrected chi connectivity index (χ1v) is 12.6. The second kappa shape index (κ2) is 11.7. The molecule has 1 heterocycles. The highest BCUT2D eigenvalue weighted by molar-refractivity contribution is 7.09. The van der Waals surface area contributed by atoms with Crippen molar-refractivity contribution >= 4 is 34.3 Å². The minimum absolute atomic E-state index is 0.178. The lowest BCUT2D eigenvalue weighted by Gasteiger charge is -2.18. The molecular weight excluding hydrogens is 501 g/mol. The third-order valence-electron chi connectivity index (χ3n) is 5.76. The molecule has 2 aromatic carbocycles. The highest BCUT2D eigenvalue weighted by atomic mass is 32.1. The highest BCUT2D eigenvalue weighted by Gasteiger charge is 2.33. The van der Waals surface area contributed by atoms with Crippen molar-refractivity contribution < 1.29 is 18.0 Å². The smallest absolute Gasteiger partial charge is 0.351 e. The summed E-state index contributed by atoms with van der Waals surface area (Å²) in [7, 11) is 0. The van der Waals surface area contributed by atoms with Crippen molar-refractivity contribution in [3.8, 4) is 0 Å². The average Bonchev–Trinajstić information content (AvgIpc) is 3.54. The molecule has 7 nitrogen and oxygen atoms in total. The molecule has 3 aromatic rings. The number of carbonyl (C=O) groups is 1. The van der Waals surface area contributed by atoms with Gasteiger partial charge in [0.15, 0.2) is 0 Å². The summed E-state index contributed by atoms with van der Waals surface area (Å²) in [5.74, 6) is -0.174. The number of aromatic nitrogens is 1. The minimum atomic E-state index is -4.90. The first kappa shape index (κ1) is 26.5. The van der Waals surface area contributed by atoms with E-state index < -0.39 is 23.5 Å². The van der Waals surface area contributed by atoms with Crippen LogP contribution in [0.5, 0.6) is 0 Å². The van der Waals surface area contributed by atoms with Gasteiger partial charge in [-0.05, 0) is 66.8 Å². The number of rotatable bonds is 11. The number of benzene rings is 2. The van der Waals surface area contributed by atoms with Crippen molar-refractivity contribution in [2.45, 2.75) is 31.6 Å². The second-order valence-electron chi connectivity index (χ2n) is 8.73. The van der Waals surface area contributed by atoms with Crippen molar-refractivity contribution in [3.63, 3.8) is 0 Å². The summed E-state index contributed by atoms with van der Waals surface area (Å²) in [6, 6.07) is 13.6. The van der Waals surface area contributed by atoms with Crippen LogP contribution in [0.3, 0.4) is 0 Å². The van der Waals surface area contributed by atoms with Gasteiger partial charge in [-0.25, -0.2) is 4.98 Å². The van der Waals surface area contributed by atoms with E-state index in [0.717, 1.165) is 22.7 Å². The Balaban J connectivity index is 1.57. The number of hydrogen-bond acceptors (Lipinski definition) is 7. The van der Waals surface area contributed by atoms with E-state index in [1.165, 1.54) is 24.2 Å². The molecule has 11 heteroatoms. The lowest BCUT2D eigenvalue weighted by Crippen LogP contribution is -2.26. The van der Waals surface area contributed by atoms with Gasteiger partial charge in [-0.1, -0.05) is 24.3 Å². The molecule has 1 fully saturated rings. The van der Waals surface area contributed by atoms with Gasteiger partial charge in [0.2, 0.25) is 0 Å². The zero-order chi connectivity index (χ0) is 26.4. The number of carbonyl (C=O) groups excluding carboxylic acids is 1. The summed E-state index contributed by atoms with van der Waals surface area (Å²) in [6.07, 6.45) is -0.312. The predicted octanol–water partition coefficient (Wildman–Crippen LogP) is 5.21. The van der Waals surface area contributed by atoms with Gasteiger partial charge in [-0.3, -0.25) is 10.2 Å². The molecule has 1 atom stereocenters. The van der Waals surface area contributed by atoms with Crippen LogP contribution in [0, 0.1) is 11.3 Å². The number of nitrogens with two attached hydrogens (primary N) is 1. The Bertz CT molecular complexity index is 1270. The van der Waals surface area contributed by atoms with E-state index in [1.807, 2.05) is 11.4 Å². The van der Waals surface area contributed by atoms with E-state index in [0.29, 0.717) is 23.4 Å². The van der Waals surface area contributed by atoms with Crippen LogP contribution in [0.4, 0.5) is 24.5 Å². The summed E-state index contributed by atoms with van der Waals surface area (Å²) in [5.41, 5.74) is 5.95. The molecule has 1 amide bonds. The van der Waals surface area contributed by atoms with Crippen molar-refractivity contribution in [2.75, 3.05) is 17.2 Å². The predicted molar refractivity (Wildman–Crippen MR) is 140 cm³/mol. The minimum Gasteiger partial charge on any atom is -0.351 e. The highest BCUT2D eigenvalue weighted by Crippen LogP contribution is 2.31. The summed E-state index contributed by atoms with van der Waals surface area (Å²) < 4.78 is 39.3. The van der Waals surface area contributed by atoms with Crippen LogP contribution in [0.1, 0.15) is 35.0 Å². The fourth-order valence-electron chi connectivity index (χ4n) is 3.64. The van der Waals surface area contributed by atoms with E-state index in [-0.39, 0.29) is 12.6 Å². The van der Waals surface area contributed by atoms with Gasteiger partial charge >= 0.3 is 6.18 Å². The molecule has 1 unspecified atom stereocenters. The summed E-state index contributed by atoms with van der Waals surface area (Å²) >= 11 is 1.52. The van der Waals surface area contributed by atoms with Crippen molar-refractivity contribution in [3.05, 3.63) is 88.0 Å². The molecule has 0 saturated heterocycles. The summed E-state index contributed by atoms with van der Waals surface area (Å²) in [5, 5.41) is 19.1. The molecule has 4 rings (SSSR count). The van der Waals surface area contributed by atoms with Gasteiger partial charge in [0.1, 0.15) is 16.4 Å². The van der Waals surface area contributed by atoms with Gasteiger partial charge in [-0.15, -0.1) is 11.3 Å². The molecule has 1 aromatic heterocycles. The van der Waals surface area contributed by atoms with Gasteiger partial charge in [-0.2, -0.15) is 13.2 Å². The maximum atomic E-state index is 13.1. The summed E-state index contributed by atoms with van der Waals surface area (Å²) in [6.45, 7) is 1.07. The normalized spacial score (nSPS) is 14.8. The van der Waals surface area contributed by atoms with Crippen LogP contribution in [0.15, 0.2) is 71.9 Å². The molecule has 6 N–H and O–H groups in total. The fourth-order valence-corrected chi connectivity index (χ4v) is 4.38. The number of hydrogen-bond donors (Lipinski definition) is 5. The Hall–Kier alpha value is -3.54. The quantitative estimate of drug-likeness (QED) is 0.173. The lowest BCUT2D eigenvalue weighted by molar-refractivity contribution is -0.112. The average molecular weight is 529 g/mol. The van der Waals surface area contributed by atoms with E-state index in [4.69, 9.17) is 11.1 Å². The van der Waals surface area contributed by atoms with Gasteiger partial charge in [0.25, 0.3) is 5.91 Å². The second-order valence-corrected chi connectivity index (χ2v) is 9.66.